The third kappa shape index (κ3) is 3.93. The van der Waals surface area contributed by atoms with Crippen molar-refractivity contribution in [3.05, 3.63) is 84.1 Å². The molecule has 8 heteroatoms. The van der Waals surface area contributed by atoms with E-state index in [-0.39, 0.29) is 5.91 Å². The van der Waals surface area contributed by atoms with Crippen LogP contribution in [0.25, 0.3) is 11.5 Å². The number of benzene rings is 1. The van der Waals surface area contributed by atoms with Crippen LogP contribution in [0.1, 0.15) is 28.7 Å². The first-order valence-corrected chi connectivity index (χ1v) is 9.65. The molecule has 0 saturated heterocycles. The third-order valence-corrected chi connectivity index (χ3v) is 4.73. The second-order valence-electron chi connectivity index (χ2n) is 6.59. The quantitative estimate of drug-likeness (QED) is 0.514. The molecule has 0 unspecified atom stereocenters. The van der Waals surface area contributed by atoms with Crippen LogP contribution in [0.5, 0.6) is 5.75 Å². The number of aromatic nitrogens is 5. The maximum absolute atomic E-state index is 12.8. The molecular weight excluding hydrogens is 380 g/mol. The minimum absolute atomic E-state index is 0.187. The molecule has 3 aromatic heterocycles. The summed E-state index contributed by atoms with van der Waals surface area (Å²) < 4.78 is 8.64. The van der Waals surface area contributed by atoms with Crippen molar-refractivity contribution in [2.75, 3.05) is 7.11 Å². The van der Waals surface area contributed by atoms with Gasteiger partial charge in [-0.25, -0.2) is 14.3 Å². The fraction of sp³-hybridized carbons (Fsp3) is 0.182. The van der Waals surface area contributed by atoms with E-state index in [9.17, 15) is 4.79 Å². The summed E-state index contributed by atoms with van der Waals surface area (Å²) in [7, 11) is 1.63. The Morgan fingerprint density at radius 1 is 1.13 bits per heavy atom. The van der Waals surface area contributed by atoms with E-state index in [0.29, 0.717) is 24.3 Å². The highest BCUT2D eigenvalue weighted by Gasteiger charge is 2.17. The van der Waals surface area contributed by atoms with Crippen molar-refractivity contribution in [3.63, 3.8) is 0 Å². The van der Waals surface area contributed by atoms with Crippen molar-refractivity contribution in [1.29, 1.82) is 0 Å². The molecule has 0 aliphatic rings. The molecule has 0 saturated carbocycles. The first-order valence-electron chi connectivity index (χ1n) is 9.65. The van der Waals surface area contributed by atoms with E-state index < -0.39 is 0 Å². The van der Waals surface area contributed by atoms with Gasteiger partial charge in [-0.2, -0.15) is 10.2 Å². The van der Waals surface area contributed by atoms with Crippen LogP contribution in [-0.4, -0.2) is 37.6 Å². The Kier molecular flexibility index (Phi) is 5.56. The van der Waals surface area contributed by atoms with E-state index in [1.54, 1.807) is 28.9 Å². The molecule has 1 aromatic carbocycles. The number of carbonyl (C=O) groups excluding carboxylic acids is 1. The molecule has 0 atom stereocenters. The van der Waals surface area contributed by atoms with Gasteiger partial charge in [-0.15, -0.1) is 0 Å². The van der Waals surface area contributed by atoms with E-state index >= 15 is 0 Å². The molecule has 1 N–H and O–H groups in total. The number of ether oxygens (including phenoxy) is 1. The molecule has 0 bridgehead atoms. The van der Waals surface area contributed by atoms with Gasteiger partial charge in [0, 0.05) is 12.4 Å². The number of carbonyl (C=O) groups is 1. The predicted molar refractivity (Wildman–Crippen MR) is 112 cm³/mol. The Labute approximate surface area is 174 Å². The number of methoxy groups -OCH3 is 1. The molecular formula is C22H22N6O2. The number of pyridine rings is 1. The molecule has 1 amide bonds. The van der Waals surface area contributed by atoms with Gasteiger partial charge in [-0.3, -0.25) is 4.79 Å². The van der Waals surface area contributed by atoms with Gasteiger partial charge in [0.1, 0.15) is 5.75 Å². The molecule has 0 fully saturated rings. The fourth-order valence-corrected chi connectivity index (χ4v) is 3.18. The summed E-state index contributed by atoms with van der Waals surface area (Å²) in [5, 5.41) is 11.8. The number of amides is 1. The molecule has 0 aliphatic carbocycles. The van der Waals surface area contributed by atoms with E-state index in [1.807, 2.05) is 61.7 Å². The summed E-state index contributed by atoms with van der Waals surface area (Å²) in [5.41, 5.74) is 3.03. The lowest BCUT2D eigenvalue weighted by atomic mass is 10.2. The zero-order chi connectivity index (χ0) is 20.9. The average Bonchev–Trinajstić information content (AvgIpc) is 3.45. The van der Waals surface area contributed by atoms with Gasteiger partial charge in [-0.05, 0) is 48.9 Å². The first kappa shape index (κ1) is 19.4. The zero-order valence-electron chi connectivity index (χ0n) is 16.8. The Morgan fingerprint density at radius 3 is 2.67 bits per heavy atom. The van der Waals surface area contributed by atoms with Gasteiger partial charge >= 0.3 is 0 Å². The van der Waals surface area contributed by atoms with E-state index in [4.69, 9.17) is 4.74 Å². The van der Waals surface area contributed by atoms with E-state index in [1.165, 1.54) is 0 Å². The standard InChI is InChI=1S/C22H22N6O2/c1-3-20-19(15-25-28(20)21-6-4-5-12-23-21)22(29)24-14-16-11-13-27(26-16)17-7-9-18(30-2)10-8-17/h4-13,15H,3,14H2,1-2H3,(H,24,29). The van der Waals surface area contributed by atoms with Crippen LogP contribution in [-0.2, 0) is 13.0 Å². The monoisotopic (exact) mass is 402 g/mol. The molecule has 8 nitrogen and oxygen atoms in total. The summed E-state index contributed by atoms with van der Waals surface area (Å²) in [6.07, 6.45) is 5.81. The van der Waals surface area contributed by atoms with Gasteiger partial charge in [0.2, 0.25) is 0 Å². The molecule has 3 heterocycles. The predicted octanol–water partition coefficient (Wildman–Crippen LogP) is 2.95. The number of nitrogens with zero attached hydrogens (tertiary/aromatic N) is 5. The maximum Gasteiger partial charge on any atom is 0.255 e. The Bertz CT molecular complexity index is 1130. The average molecular weight is 402 g/mol. The highest BCUT2D eigenvalue weighted by molar-refractivity contribution is 5.95. The Morgan fingerprint density at radius 2 is 1.97 bits per heavy atom. The van der Waals surface area contributed by atoms with E-state index in [0.717, 1.165) is 22.8 Å². The summed E-state index contributed by atoms with van der Waals surface area (Å²) in [5.74, 6) is 1.29. The summed E-state index contributed by atoms with van der Waals surface area (Å²) in [6, 6.07) is 15.1. The topological polar surface area (TPSA) is 86.9 Å². The van der Waals surface area contributed by atoms with Crippen molar-refractivity contribution in [1.82, 2.24) is 29.9 Å². The summed E-state index contributed by atoms with van der Waals surface area (Å²) in [4.78, 5) is 17.1. The number of hydrogen-bond acceptors (Lipinski definition) is 5. The molecule has 0 spiro atoms. The van der Waals surface area contributed by atoms with Crippen LogP contribution < -0.4 is 10.1 Å². The van der Waals surface area contributed by atoms with E-state index in [2.05, 4.69) is 20.5 Å². The minimum Gasteiger partial charge on any atom is -0.497 e. The summed E-state index contributed by atoms with van der Waals surface area (Å²) in [6.45, 7) is 2.31. The van der Waals surface area contributed by atoms with Gasteiger partial charge in [0.15, 0.2) is 5.82 Å². The van der Waals surface area contributed by atoms with Crippen LogP contribution in [0, 0.1) is 0 Å². The maximum atomic E-state index is 12.8. The van der Waals surface area contributed by atoms with Crippen molar-refractivity contribution < 1.29 is 9.53 Å². The van der Waals surface area contributed by atoms with Crippen LogP contribution >= 0.6 is 0 Å². The van der Waals surface area contributed by atoms with Crippen molar-refractivity contribution in [2.24, 2.45) is 0 Å². The van der Waals surface area contributed by atoms with Gasteiger partial charge < -0.3 is 10.1 Å². The van der Waals surface area contributed by atoms with Crippen molar-refractivity contribution in [2.45, 2.75) is 19.9 Å². The Balaban J connectivity index is 1.45. The smallest absolute Gasteiger partial charge is 0.255 e. The normalized spacial score (nSPS) is 10.7. The largest absolute Gasteiger partial charge is 0.497 e. The minimum atomic E-state index is -0.187. The van der Waals surface area contributed by atoms with Gasteiger partial charge in [0.05, 0.1) is 42.5 Å². The van der Waals surface area contributed by atoms with Crippen LogP contribution in [0.15, 0.2) is 67.1 Å². The molecule has 30 heavy (non-hydrogen) atoms. The Hall–Kier alpha value is -3.94. The number of nitrogens with one attached hydrogen (secondary N) is 1. The summed E-state index contributed by atoms with van der Waals surface area (Å²) >= 11 is 0. The van der Waals surface area contributed by atoms with Gasteiger partial charge in [0.25, 0.3) is 5.91 Å². The van der Waals surface area contributed by atoms with Crippen LogP contribution in [0.2, 0.25) is 0 Å². The second-order valence-corrected chi connectivity index (χ2v) is 6.59. The first-order chi connectivity index (χ1) is 14.7. The fourth-order valence-electron chi connectivity index (χ4n) is 3.18. The molecule has 0 aliphatic heterocycles. The van der Waals surface area contributed by atoms with Crippen molar-refractivity contribution in [3.8, 4) is 17.3 Å². The molecule has 152 valence electrons. The number of rotatable bonds is 7. The highest BCUT2D eigenvalue weighted by atomic mass is 16.5. The molecule has 4 aromatic rings. The van der Waals surface area contributed by atoms with Gasteiger partial charge in [-0.1, -0.05) is 13.0 Å². The SMILES string of the molecule is CCc1c(C(=O)NCc2ccn(-c3ccc(OC)cc3)n2)cnn1-c1ccccn1. The van der Waals surface area contributed by atoms with Crippen molar-refractivity contribution >= 4 is 5.91 Å². The lowest BCUT2D eigenvalue weighted by Crippen LogP contribution is -2.24. The third-order valence-electron chi connectivity index (χ3n) is 4.73. The molecule has 0 radical (unpaired) electrons. The van der Waals surface area contributed by atoms with Crippen LogP contribution in [0.4, 0.5) is 0 Å². The lowest BCUT2D eigenvalue weighted by Gasteiger charge is -2.07. The number of hydrogen-bond donors (Lipinski definition) is 1. The second kappa shape index (κ2) is 8.60. The highest BCUT2D eigenvalue weighted by Crippen LogP contribution is 2.16. The van der Waals surface area contributed by atoms with Crippen LogP contribution in [0.3, 0.4) is 0 Å². The molecule has 4 rings (SSSR count). The zero-order valence-corrected chi connectivity index (χ0v) is 16.8. The lowest BCUT2D eigenvalue weighted by molar-refractivity contribution is 0.0949.